The van der Waals surface area contributed by atoms with Crippen molar-refractivity contribution < 1.29 is 19.4 Å². The largest absolute Gasteiger partial charge is 0.492 e. The maximum atomic E-state index is 11.3. The lowest BCUT2D eigenvalue weighted by Gasteiger charge is -2.09. The Hall–Kier alpha value is -2.04. The summed E-state index contributed by atoms with van der Waals surface area (Å²) in [6.45, 7) is 1.43. The predicted molar refractivity (Wildman–Crippen MR) is 58.6 cm³/mol. The van der Waals surface area contributed by atoms with E-state index < -0.39 is 5.97 Å². The smallest absolute Gasteiger partial charge is 0.306 e. The molecular weight excluding hydrogens is 210 g/mol. The molecule has 3 N–H and O–H groups in total. The first kappa shape index (κ1) is 12.0. The van der Waals surface area contributed by atoms with E-state index in [0.717, 1.165) is 0 Å². The fraction of sp³-hybridized carbons (Fsp3) is 0.273. The van der Waals surface area contributed by atoms with Crippen molar-refractivity contribution in [2.45, 2.75) is 13.3 Å². The van der Waals surface area contributed by atoms with E-state index in [0.29, 0.717) is 17.0 Å². The highest BCUT2D eigenvalue weighted by molar-refractivity contribution is 5.97. The van der Waals surface area contributed by atoms with Crippen LogP contribution in [-0.4, -0.2) is 23.5 Å². The minimum Gasteiger partial charge on any atom is -0.492 e. The zero-order valence-electron chi connectivity index (χ0n) is 8.90. The summed E-state index contributed by atoms with van der Waals surface area (Å²) in [5.74, 6) is -0.750. The number of nitrogen functional groups attached to an aromatic ring is 1. The Bertz CT molecular complexity index is 414. The van der Waals surface area contributed by atoms with E-state index in [2.05, 4.69) is 0 Å². The predicted octanol–water partition coefficient (Wildman–Crippen LogP) is 1.32. The summed E-state index contributed by atoms with van der Waals surface area (Å²) >= 11 is 0. The molecule has 86 valence electrons. The van der Waals surface area contributed by atoms with Crippen molar-refractivity contribution in [1.29, 1.82) is 0 Å². The number of rotatable bonds is 5. The lowest BCUT2D eigenvalue weighted by molar-refractivity contribution is -0.137. The highest BCUT2D eigenvalue weighted by Crippen LogP contribution is 2.22. The van der Waals surface area contributed by atoms with Gasteiger partial charge in [0.2, 0.25) is 0 Å². The average Bonchev–Trinajstić information content (AvgIpc) is 2.19. The summed E-state index contributed by atoms with van der Waals surface area (Å²) < 4.78 is 5.21. The second kappa shape index (κ2) is 5.16. The standard InChI is InChI=1S/C11H13NO4/c1-7(13)9-6-8(12)2-3-10(9)16-5-4-11(14)15/h2-3,6H,4-5,12H2,1H3,(H,14,15). The van der Waals surface area contributed by atoms with Gasteiger partial charge >= 0.3 is 5.97 Å². The lowest BCUT2D eigenvalue weighted by atomic mass is 10.1. The zero-order valence-corrected chi connectivity index (χ0v) is 8.90. The van der Waals surface area contributed by atoms with Crippen molar-refractivity contribution in [3.8, 4) is 5.75 Å². The Morgan fingerprint density at radius 1 is 1.44 bits per heavy atom. The van der Waals surface area contributed by atoms with Gasteiger partial charge in [0.05, 0.1) is 18.6 Å². The van der Waals surface area contributed by atoms with E-state index in [4.69, 9.17) is 15.6 Å². The number of carboxylic acids is 1. The molecule has 1 rings (SSSR count). The number of benzene rings is 1. The van der Waals surface area contributed by atoms with E-state index in [1.54, 1.807) is 12.1 Å². The normalized spacial score (nSPS) is 9.81. The molecule has 0 amide bonds. The Kier molecular flexibility index (Phi) is 3.88. The van der Waals surface area contributed by atoms with Crippen molar-refractivity contribution >= 4 is 17.4 Å². The van der Waals surface area contributed by atoms with Gasteiger partial charge in [-0.2, -0.15) is 0 Å². The number of carboxylic acid groups (broad SMARTS) is 1. The van der Waals surface area contributed by atoms with E-state index in [9.17, 15) is 9.59 Å². The molecule has 0 aliphatic heterocycles. The van der Waals surface area contributed by atoms with Crippen LogP contribution in [0.2, 0.25) is 0 Å². The number of anilines is 1. The van der Waals surface area contributed by atoms with Gasteiger partial charge in [0.15, 0.2) is 5.78 Å². The molecule has 0 heterocycles. The van der Waals surface area contributed by atoms with Crippen LogP contribution in [0.5, 0.6) is 5.75 Å². The molecule has 0 unspecified atom stereocenters. The molecule has 0 spiro atoms. The number of aliphatic carboxylic acids is 1. The maximum Gasteiger partial charge on any atom is 0.306 e. The summed E-state index contributed by atoms with van der Waals surface area (Å²) in [5, 5.41) is 8.45. The molecule has 1 aromatic carbocycles. The minimum absolute atomic E-state index is 0.0273. The molecule has 0 aliphatic carbocycles. The maximum absolute atomic E-state index is 11.3. The van der Waals surface area contributed by atoms with E-state index in [-0.39, 0.29) is 18.8 Å². The molecule has 0 atom stereocenters. The SMILES string of the molecule is CC(=O)c1cc(N)ccc1OCCC(=O)O. The van der Waals surface area contributed by atoms with Crippen LogP contribution >= 0.6 is 0 Å². The number of Topliss-reactive ketones (excluding diaryl/α,β-unsaturated/α-hetero) is 1. The third kappa shape index (κ3) is 3.27. The summed E-state index contributed by atoms with van der Waals surface area (Å²) in [6.07, 6.45) is -0.109. The summed E-state index contributed by atoms with van der Waals surface area (Å²) in [5.41, 5.74) is 6.37. The highest BCUT2D eigenvalue weighted by Gasteiger charge is 2.09. The first-order valence-electron chi connectivity index (χ1n) is 4.75. The number of carbonyl (C=O) groups is 2. The van der Waals surface area contributed by atoms with E-state index in [1.165, 1.54) is 13.0 Å². The molecular formula is C11H13NO4. The van der Waals surface area contributed by atoms with Crippen LogP contribution < -0.4 is 10.5 Å². The van der Waals surface area contributed by atoms with Crippen molar-refractivity contribution in [1.82, 2.24) is 0 Å². The molecule has 0 bridgehead atoms. The van der Waals surface area contributed by atoms with Crippen LogP contribution in [0.3, 0.4) is 0 Å². The molecule has 0 radical (unpaired) electrons. The Balaban J connectivity index is 2.78. The van der Waals surface area contributed by atoms with Gasteiger partial charge in [-0.15, -0.1) is 0 Å². The monoisotopic (exact) mass is 223 g/mol. The molecule has 0 saturated heterocycles. The fourth-order valence-corrected chi connectivity index (χ4v) is 1.20. The lowest BCUT2D eigenvalue weighted by Crippen LogP contribution is -2.07. The van der Waals surface area contributed by atoms with Crippen LogP contribution in [-0.2, 0) is 4.79 Å². The van der Waals surface area contributed by atoms with Gasteiger partial charge in [0.25, 0.3) is 0 Å². The second-order valence-electron chi connectivity index (χ2n) is 3.30. The van der Waals surface area contributed by atoms with Gasteiger partial charge < -0.3 is 15.6 Å². The van der Waals surface area contributed by atoms with Crippen LogP contribution in [0.15, 0.2) is 18.2 Å². The van der Waals surface area contributed by atoms with E-state index >= 15 is 0 Å². The molecule has 1 aromatic rings. The number of nitrogens with two attached hydrogens (primary N) is 1. The molecule has 5 heteroatoms. The van der Waals surface area contributed by atoms with Crippen molar-refractivity contribution in [3.63, 3.8) is 0 Å². The molecule has 5 nitrogen and oxygen atoms in total. The topological polar surface area (TPSA) is 89.6 Å². The summed E-state index contributed by atoms with van der Waals surface area (Å²) in [6, 6.07) is 4.68. The number of hydrogen-bond acceptors (Lipinski definition) is 4. The summed E-state index contributed by atoms with van der Waals surface area (Å²) in [4.78, 5) is 21.6. The summed E-state index contributed by atoms with van der Waals surface area (Å²) in [7, 11) is 0. The Labute approximate surface area is 92.8 Å². The van der Waals surface area contributed by atoms with Gasteiger partial charge in [-0.1, -0.05) is 0 Å². The number of ether oxygens (including phenoxy) is 1. The van der Waals surface area contributed by atoms with Gasteiger partial charge in [-0.3, -0.25) is 9.59 Å². The number of hydrogen-bond donors (Lipinski definition) is 2. The third-order valence-electron chi connectivity index (χ3n) is 1.96. The van der Waals surface area contributed by atoms with Crippen LogP contribution in [0.25, 0.3) is 0 Å². The average molecular weight is 223 g/mol. The van der Waals surface area contributed by atoms with Gasteiger partial charge in [0.1, 0.15) is 5.75 Å². The molecule has 16 heavy (non-hydrogen) atoms. The van der Waals surface area contributed by atoms with Gasteiger partial charge in [-0.25, -0.2) is 0 Å². The highest BCUT2D eigenvalue weighted by atomic mass is 16.5. The number of ketones is 1. The number of carbonyl (C=O) groups excluding carboxylic acids is 1. The van der Waals surface area contributed by atoms with Gasteiger partial charge in [-0.05, 0) is 25.1 Å². The second-order valence-corrected chi connectivity index (χ2v) is 3.30. The van der Waals surface area contributed by atoms with E-state index in [1.807, 2.05) is 0 Å². The minimum atomic E-state index is -0.945. The van der Waals surface area contributed by atoms with Crippen molar-refractivity contribution in [2.75, 3.05) is 12.3 Å². The quantitative estimate of drug-likeness (QED) is 0.580. The molecule has 0 aromatic heterocycles. The third-order valence-corrected chi connectivity index (χ3v) is 1.96. The van der Waals surface area contributed by atoms with Crippen molar-refractivity contribution in [3.05, 3.63) is 23.8 Å². The zero-order chi connectivity index (χ0) is 12.1. The molecule has 0 saturated carbocycles. The molecule has 0 aliphatic rings. The fourth-order valence-electron chi connectivity index (χ4n) is 1.20. The van der Waals surface area contributed by atoms with Gasteiger partial charge in [0, 0.05) is 5.69 Å². The first-order chi connectivity index (χ1) is 7.50. The van der Waals surface area contributed by atoms with Crippen LogP contribution in [0.4, 0.5) is 5.69 Å². The Morgan fingerprint density at radius 2 is 2.12 bits per heavy atom. The van der Waals surface area contributed by atoms with Crippen molar-refractivity contribution in [2.24, 2.45) is 0 Å². The Morgan fingerprint density at radius 3 is 2.69 bits per heavy atom. The molecule has 0 fully saturated rings. The van der Waals surface area contributed by atoms with Crippen LogP contribution in [0.1, 0.15) is 23.7 Å². The van der Waals surface area contributed by atoms with Crippen LogP contribution in [0, 0.1) is 0 Å². The first-order valence-corrected chi connectivity index (χ1v) is 4.75.